The molecule has 1 aliphatic heterocycles. The Kier molecular flexibility index (Phi) is 4.22. The third kappa shape index (κ3) is 3.05. The first-order valence-corrected chi connectivity index (χ1v) is 7.57. The Morgan fingerprint density at radius 2 is 1.95 bits per heavy atom. The van der Waals surface area contributed by atoms with E-state index >= 15 is 0 Å². The van der Waals surface area contributed by atoms with Crippen LogP contribution in [0.15, 0.2) is 0 Å². The molecule has 0 aromatic carbocycles. The average Bonchev–Trinajstić information content (AvgIpc) is 2.79. The smallest absolute Gasteiger partial charge is 0.340 e. The molecule has 1 aliphatic carbocycles. The zero-order chi connectivity index (χ0) is 15.0. The van der Waals surface area contributed by atoms with E-state index in [1.165, 1.54) is 4.90 Å². The topological polar surface area (TPSA) is 49.4 Å². The molecule has 1 spiro atoms. The van der Waals surface area contributed by atoms with Crippen molar-refractivity contribution >= 4 is 23.6 Å². The van der Waals surface area contributed by atoms with E-state index in [1.54, 1.807) is 6.92 Å². The molecule has 20 heavy (non-hydrogen) atoms. The summed E-state index contributed by atoms with van der Waals surface area (Å²) in [4.78, 5) is 25.7. The molecule has 1 heterocycles. The Balaban J connectivity index is 2.05. The van der Waals surface area contributed by atoms with Crippen LogP contribution in [0, 0.1) is 0 Å². The van der Waals surface area contributed by atoms with Crippen LogP contribution in [0.4, 0.5) is 13.2 Å². The summed E-state index contributed by atoms with van der Waals surface area (Å²) in [6, 6.07) is -0.706. The van der Waals surface area contributed by atoms with Gasteiger partial charge in [-0.05, 0) is 31.5 Å². The molecule has 2 fully saturated rings. The molecule has 2 rings (SSSR count). The van der Waals surface area contributed by atoms with Gasteiger partial charge in [-0.25, -0.2) is 0 Å². The van der Waals surface area contributed by atoms with Crippen molar-refractivity contribution in [2.24, 2.45) is 0 Å². The van der Waals surface area contributed by atoms with Crippen LogP contribution in [0.1, 0.15) is 32.6 Å². The fourth-order valence-corrected chi connectivity index (χ4v) is 3.38. The number of nitrogens with zero attached hydrogens (tertiary/aromatic N) is 1. The Morgan fingerprint density at radius 1 is 1.35 bits per heavy atom. The summed E-state index contributed by atoms with van der Waals surface area (Å²) in [5.74, 6) is -0.753. The van der Waals surface area contributed by atoms with Gasteiger partial charge in [0.2, 0.25) is 11.8 Å². The van der Waals surface area contributed by atoms with Crippen molar-refractivity contribution in [2.45, 2.75) is 49.7 Å². The second-order valence-corrected chi connectivity index (χ2v) is 6.41. The molecule has 1 N–H and O–H groups in total. The van der Waals surface area contributed by atoms with Gasteiger partial charge in [-0.2, -0.15) is 13.2 Å². The summed E-state index contributed by atoms with van der Waals surface area (Å²) in [5, 5.41) is 2.77. The minimum Gasteiger partial charge on any atom is -0.340 e. The third-order valence-corrected chi connectivity index (χ3v) is 4.65. The predicted molar refractivity (Wildman–Crippen MR) is 69.0 cm³/mol. The van der Waals surface area contributed by atoms with Crippen LogP contribution in [0.5, 0.6) is 0 Å². The van der Waals surface area contributed by atoms with Crippen LogP contribution < -0.4 is 5.32 Å². The molecular formula is C12H17F3N2O2S. The van der Waals surface area contributed by atoms with E-state index < -0.39 is 17.1 Å². The molecule has 1 atom stereocenters. The second-order valence-electron chi connectivity index (χ2n) is 5.25. The fraction of sp³-hybridized carbons (Fsp3) is 0.833. The van der Waals surface area contributed by atoms with Crippen molar-refractivity contribution in [3.8, 4) is 0 Å². The van der Waals surface area contributed by atoms with Gasteiger partial charge in [-0.3, -0.25) is 9.59 Å². The number of carbonyl (C=O) groups excluding carboxylic acids is 2. The van der Waals surface area contributed by atoms with E-state index in [-0.39, 0.29) is 35.9 Å². The number of nitrogens with one attached hydrogen (secondary N) is 1. The van der Waals surface area contributed by atoms with Gasteiger partial charge >= 0.3 is 5.51 Å². The van der Waals surface area contributed by atoms with Crippen molar-refractivity contribution in [1.29, 1.82) is 0 Å². The highest BCUT2D eigenvalue weighted by Gasteiger charge is 2.50. The van der Waals surface area contributed by atoms with Gasteiger partial charge in [0, 0.05) is 12.3 Å². The Labute approximate surface area is 119 Å². The summed E-state index contributed by atoms with van der Waals surface area (Å²) >= 11 is -0.162. The van der Waals surface area contributed by atoms with Crippen LogP contribution in [0.3, 0.4) is 0 Å². The van der Waals surface area contributed by atoms with Crippen molar-refractivity contribution in [2.75, 3.05) is 12.3 Å². The Morgan fingerprint density at radius 3 is 2.50 bits per heavy atom. The molecule has 1 unspecified atom stereocenters. The lowest BCUT2D eigenvalue weighted by molar-refractivity contribution is -0.153. The normalized spacial score (nSPS) is 26.2. The number of carbonyl (C=O) groups is 2. The fourth-order valence-electron chi connectivity index (χ4n) is 2.86. The van der Waals surface area contributed by atoms with Gasteiger partial charge in [0.05, 0.1) is 0 Å². The number of alkyl halides is 3. The summed E-state index contributed by atoms with van der Waals surface area (Å²) < 4.78 is 36.5. The number of halogens is 3. The number of amides is 2. The van der Waals surface area contributed by atoms with E-state index in [0.29, 0.717) is 12.8 Å². The molecule has 0 aromatic heterocycles. The maximum atomic E-state index is 12.5. The lowest BCUT2D eigenvalue weighted by Crippen LogP contribution is -2.69. The highest BCUT2D eigenvalue weighted by Crippen LogP contribution is 2.35. The van der Waals surface area contributed by atoms with Gasteiger partial charge < -0.3 is 10.2 Å². The first-order valence-electron chi connectivity index (χ1n) is 6.59. The van der Waals surface area contributed by atoms with E-state index in [0.717, 1.165) is 12.8 Å². The third-order valence-electron chi connectivity index (χ3n) is 3.93. The van der Waals surface area contributed by atoms with Crippen molar-refractivity contribution in [3.63, 3.8) is 0 Å². The summed E-state index contributed by atoms with van der Waals surface area (Å²) in [5.41, 5.74) is -5.18. The first-order chi connectivity index (χ1) is 9.25. The van der Waals surface area contributed by atoms with Crippen molar-refractivity contribution in [3.05, 3.63) is 0 Å². The summed E-state index contributed by atoms with van der Waals surface area (Å²) in [6.45, 7) is 1.49. The van der Waals surface area contributed by atoms with Gasteiger partial charge in [-0.15, -0.1) is 0 Å². The molecule has 0 aromatic rings. The summed E-state index contributed by atoms with van der Waals surface area (Å²) in [7, 11) is 0. The molecule has 0 radical (unpaired) electrons. The Bertz CT molecular complexity index is 408. The molecule has 2 amide bonds. The number of rotatable bonds is 3. The van der Waals surface area contributed by atoms with E-state index in [2.05, 4.69) is 5.32 Å². The Hall–Kier alpha value is -0.920. The minimum absolute atomic E-state index is 0.0562. The number of hydrogen-bond acceptors (Lipinski definition) is 3. The maximum absolute atomic E-state index is 12.5. The highest BCUT2D eigenvalue weighted by molar-refractivity contribution is 8.00. The standard InChI is InChI=1S/C12H17F3N2O2S/c1-8-9(18)16-11(4-2-3-5-11)10(19)17(8)6-7-20-12(13,14)15/h8H,2-7H2,1H3,(H,16,18). The van der Waals surface area contributed by atoms with Crippen LogP contribution in [-0.2, 0) is 9.59 Å². The van der Waals surface area contributed by atoms with Crippen LogP contribution in [-0.4, -0.2) is 46.1 Å². The van der Waals surface area contributed by atoms with Crippen LogP contribution in [0.25, 0.3) is 0 Å². The number of thioether (sulfide) groups is 1. The van der Waals surface area contributed by atoms with Crippen LogP contribution >= 0.6 is 11.8 Å². The van der Waals surface area contributed by atoms with E-state index in [9.17, 15) is 22.8 Å². The van der Waals surface area contributed by atoms with Gasteiger partial charge in [0.1, 0.15) is 11.6 Å². The molecule has 4 nitrogen and oxygen atoms in total. The minimum atomic E-state index is -4.31. The molecule has 2 aliphatic rings. The van der Waals surface area contributed by atoms with Gasteiger partial charge in [0.15, 0.2) is 0 Å². The van der Waals surface area contributed by atoms with Gasteiger partial charge in [0.25, 0.3) is 0 Å². The molecule has 1 saturated carbocycles. The maximum Gasteiger partial charge on any atom is 0.441 e. The predicted octanol–water partition coefficient (Wildman–Crippen LogP) is 1.90. The average molecular weight is 310 g/mol. The number of hydrogen-bond donors (Lipinski definition) is 1. The zero-order valence-corrected chi connectivity index (χ0v) is 11.9. The lowest BCUT2D eigenvalue weighted by atomic mass is 9.91. The molecule has 0 bridgehead atoms. The van der Waals surface area contributed by atoms with Crippen LogP contribution in [0.2, 0.25) is 0 Å². The second kappa shape index (κ2) is 5.46. The van der Waals surface area contributed by atoms with Crippen molar-refractivity contribution < 1.29 is 22.8 Å². The molecule has 114 valence electrons. The molecule has 8 heteroatoms. The highest BCUT2D eigenvalue weighted by atomic mass is 32.2. The first kappa shape index (κ1) is 15.5. The van der Waals surface area contributed by atoms with E-state index in [1.807, 2.05) is 0 Å². The van der Waals surface area contributed by atoms with Gasteiger partial charge in [-0.1, -0.05) is 12.8 Å². The lowest BCUT2D eigenvalue weighted by Gasteiger charge is -2.43. The monoisotopic (exact) mass is 310 g/mol. The quantitative estimate of drug-likeness (QED) is 0.866. The molecule has 1 saturated heterocycles. The molecular weight excluding hydrogens is 293 g/mol. The summed E-state index contributed by atoms with van der Waals surface area (Å²) in [6.07, 6.45) is 2.86. The largest absolute Gasteiger partial charge is 0.441 e. The SMILES string of the molecule is CC1C(=O)NC2(CCCC2)C(=O)N1CCSC(F)(F)F. The van der Waals surface area contributed by atoms with E-state index in [4.69, 9.17) is 0 Å². The zero-order valence-electron chi connectivity index (χ0n) is 11.1. The number of piperazine rings is 1. The van der Waals surface area contributed by atoms with Crippen molar-refractivity contribution in [1.82, 2.24) is 10.2 Å².